The minimum atomic E-state index is -0.0594. The van der Waals surface area contributed by atoms with Gasteiger partial charge in [-0.2, -0.15) is 0 Å². The number of nitrogens with zero attached hydrogens (tertiary/aromatic N) is 2. The van der Waals surface area contributed by atoms with Crippen molar-refractivity contribution in [1.29, 1.82) is 0 Å². The number of fused-ring (bicyclic) bond motifs is 1. The SMILES string of the molecule is CCN(C(C)Cc1ccc2c(c1)OCO2)C(C)NC(=O)C1=CN(C(C)C)C=CC1. The first-order chi connectivity index (χ1) is 13.9. The Morgan fingerprint density at radius 2 is 1.97 bits per heavy atom. The van der Waals surface area contributed by atoms with Crippen molar-refractivity contribution in [2.45, 2.75) is 65.7 Å². The van der Waals surface area contributed by atoms with Crippen molar-refractivity contribution in [3.63, 3.8) is 0 Å². The molecule has 0 radical (unpaired) electrons. The Morgan fingerprint density at radius 1 is 1.21 bits per heavy atom. The molecule has 2 aliphatic heterocycles. The van der Waals surface area contributed by atoms with Crippen molar-refractivity contribution in [2.24, 2.45) is 0 Å². The smallest absolute Gasteiger partial charge is 0.250 e. The van der Waals surface area contributed by atoms with Gasteiger partial charge in [-0.25, -0.2) is 0 Å². The zero-order valence-electron chi connectivity index (χ0n) is 18.1. The number of carbonyl (C=O) groups is 1. The summed E-state index contributed by atoms with van der Waals surface area (Å²) < 4.78 is 10.9. The summed E-state index contributed by atoms with van der Waals surface area (Å²) in [7, 11) is 0. The summed E-state index contributed by atoms with van der Waals surface area (Å²) in [5.74, 6) is 1.62. The van der Waals surface area contributed by atoms with Crippen LogP contribution >= 0.6 is 0 Å². The molecule has 6 heteroatoms. The molecule has 0 fully saturated rings. The Hall–Kier alpha value is -2.47. The molecule has 3 rings (SSSR count). The summed E-state index contributed by atoms with van der Waals surface area (Å²) in [4.78, 5) is 17.2. The van der Waals surface area contributed by atoms with Crippen LogP contribution in [0.25, 0.3) is 0 Å². The number of hydrogen-bond acceptors (Lipinski definition) is 5. The molecule has 6 nitrogen and oxygen atoms in total. The average molecular weight is 400 g/mol. The number of amides is 1. The highest BCUT2D eigenvalue weighted by Crippen LogP contribution is 2.33. The highest BCUT2D eigenvalue weighted by molar-refractivity contribution is 5.93. The predicted octanol–water partition coefficient (Wildman–Crippen LogP) is 3.64. The van der Waals surface area contributed by atoms with E-state index in [1.807, 2.05) is 24.5 Å². The second-order valence-corrected chi connectivity index (χ2v) is 8.00. The van der Waals surface area contributed by atoms with E-state index in [2.05, 4.69) is 61.9 Å². The highest BCUT2D eigenvalue weighted by atomic mass is 16.7. The van der Waals surface area contributed by atoms with E-state index in [0.29, 0.717) is 12.5 Å². The third kappa shape index (κ3) is 5.12. The van der Waals surface area contributed by atoms with Gasteiger partial charge < -0.3 is 19.7 Å². The van der Waals surface area contributed by atoms with Crippen LogP contribution in [-0.4, -0.2) is 47.3 Å². The summed E-state index contributed by atoms with van der Waals surface area (Å²) >= 11 is 0. The molecule has 1 amide bonds. The van der Waals surface area contributed by atoms with Crippen molar-refractivity contribution in [3.05, 3.63) is 47.8 Å². The number of nitrogens with one attached hydrogen (secondary N) is 1. The van der Waals surface area contributed by atoms with E-state index in [9.17, 15) is 4.79 Å². The number of allylic oxidation sites excluding steroid dienone is 1. The number of rotatable bonds is 8. The molecule has 1 N–H and O–H groups in total. The van der Waals surface area contributed by atoms with Gasteiger partial charge in [0.1, 0.15) is 0 Å². The van der Waals surface area contributed by atoms with Gasteiger partial charge in [0.15, 0.2) is 11.5 Å². The molecule has 0 saturated carbocycles. The molecular formula is C23H33N3O3. The molecule has 2 heterocycles. The first-order valence-electron chi connectivity index (χ1n) is 10.5. The Labute approximate surface area is 174 Å². The second-order valence-electron chi connectivity index (χ2n) is 8.00. The minimum Gasteiger partial charge on any atom is -0.454 e. The van der Waals surface area contributed by atoms with Crippen molar-refractivity contribution in [1.82, 2.24) is 15.1 Å². The second kappa shape index (κ2) is 9.35. The molecule has 29 heavy (non-hydrogen) atoms. The Kier molecular flexibility index (Phi) is 6.85. The van der Waals surface area contributed by atoms with Gasteiger partial charge in [-0.15, -0.1) is 0 Å². The molecule has 0 aliphatic carbocycles. The lowest BCUT2D eigenvalue weighted by molar-refractivity contribution is -0.119. The van der Waals surface area contributed by atoms with E-state index in [0.717, 1.165) is 30.0 Å². The van der Waals surface area contributed by atoms with Crippen molar-refractivity contribution < 1.29 is 14.3 Å². The van der Waals surface area contributed by atoms with E-state index in [1.54, 1.807) is 0 Å². The molecule has 1 aromatic carbocycles. The maximum Gasteiger partial charge on any atom is 0.250 e. The number of ether oxygens (including phenoxy) is 2. The van der Waals surface area contributed by atoms with Gasteiger partial charge >= 0.3 is 0 Å². The van der Waals surface area contributed by atoms with E-state index in [4.69, 9.17) is 9.47 Å². The monoisotopic (exact) mass is 399 g/mol. The Morgan fingerprint density at radius 3 is 2.69 bits per heavy atom. The lowest BCUT2D eigenvalue weighted by Gasteiger charge is -2.34. The first kappa shape index (κ1) is 21.2. The topological polar surface area (TPSA) is 54.0 Å². The van der Waals surface area contributed by atoms with Gasteiger partial charge in [0.2, 0.25) is 12.7 Å². The zero-order chi connectivity index (χ0) is 21.0. The number of benzene rings is 1. The molecule has 0 spiro atoms. The molecule has 2 aliphatic rings. The van der Waals surface area contributed by atoms with Gasteiger partial charge in [0.05, 0.1) is 6.17 Å². The van der Waals surface area contributed by atoms with Gasteiger partial charge in [-0.1, -0.05) is 19.1 Å². The lowest BCUT2D eigenvalue weighted by atomic mass is 10.0. The first-order valence-corrected chi connectivity index (χ1v) is 10.5. The molecular weight excluding hydrogens is 366 g/mol. The van der Waals surface area contributed by atoms with Crippen LogP contribution in [0.2, 0.25) is 0 Å². The van der Waals surface area contributed by atoms with Crippen molar-refractivity contribution >= 4 is 5.91 Å². The molecule has 0 saturated heterocycles. The van der Waals surface area contributed by atoms with Crippen LogP contribution in [0.1, 0.15) is 46.6 Å². The maximum absolute atomic E-state index is 12.8. The van der Waals surface area contributed by atoms with E-state index >= 15 is 0 Å². The largest absolute Gasteiger partial charge is 0.454 e. The molecule has 158 valence electrons. The Bertz CT molecular complexity index is 788. The quantitative estimate of drug-likeness (QED) is 0.677. The van der Waals surface area contributed by atoms with Gasteiger partial charge in [-0.3, -0.25) is 9.69 Å². The Balaban J connectivity index is 1.60. The van der Waals surface area contributed by atoms with Crippen LogP contribution in [-0.2, 0) is 11.2 Å². The standard InChI is InChI=1S/C23H33N3O3/c1-6-26(17(4)12-19-9-10-21-22(13-19)29-15-28-21)18(5)24-23(27)20-8-7-11-25(14-20)16(2)3/h7,9-11,13-14,16-18H,6,8,12,15H2,1-5H3,(H,24,27). The van der Waals surface area contributed by atoms with Crippen molar-refractivity contribution in [2.75, 3.05) is 13.3 Å². The molecule has 0 aromatic heterocycles. The summed E-state index contributed by atoms with van der Waals surface area (Å²) in [6.45, 7) is 11.7. The molecule has 1 aromatic rings. The van der Waals surface area contributed by atoms with Crippen LogP contribution in [0.4, 0.5) is 0 Å². The van der Waals surface area contributed by atoms with E-state index in [1.165, 1.54) is 5.56 Å². The van der Waals surface area contributed by atoms with Crippen LogP contribution in [0.15, 0.2) is 42.2 Å². The molecule has 2 unspecified atom stereocenters. The summed E-state index contributed by atoms with van der Waals surface area (Å²) in [6, 6.07) is 6.70. The lowest BCUT2D eigenvalue weighted by Crippen LogP contribution is -2.51. The fourth-order valence-electron chi connectivity index (χ4n) is 3.91. The molecule has 2 atom stereocenters. The van der Waals surface area contributed by atoms with Gasteiger partial charge in [0.25, 0.3) is 0 Å². The van der Waals surface area contributed by atoms with E-state index < -0.39 is 0 Å². The van der Waals surface area contributed by atoms with Crippen LogP contribution < -0.4 is 14.8 Å². The number of likely N-dealkylation sites (N-methyl/N-ethyl adjacent to an activating group) is 1. The third-order valence-corrected chi connectivity index (χ3v) is 5.54. The average Bonchev–Trinajstić information content (AvgIpc) is 3.16. The summed E-state index contributed by atoms with van der Waals surface area (Å²) in [6.07, 6.45) is 7.52. The fourth-order valence-corrected chi connectivity index (χ4v) is 3.91. The number of carbonyl (C=O) groups excluding carboxylic acids is 1. The summed E-state index contributed by atoms with van der Waals surface area (Å²) in [5, 5.41) is 3.18. The van der Waals surface area contributed by atoms with Gasteiger partial charge in [-0.05, 0) is 64.8 Å². The van der Waals surface area contributed by atoms with Crippen LogP contribution in [0, 0.1) is 0 Å². The minimum absolute atomic E-state index is 0.00114. The predicted molar refractivity (Wildman–Crippen MR) is 115 cm³/mol. The van der Waals surface area contributed by atoms with Crippen molar-refractivity contribution in [3.8, 4) is 11.5 Å². The zero-order valence-corrected chi connectivity index (χ0v) is 18.1. The third-order valence-electron chi connectivity index (χ3n) is 5.54. The van der Waals surface area contributed by atoms with Crippen LogP contribution in [0.3, 0.4) is 0 Å². The molecule has 0 bridgehead atoms. The number of hydrogen-bond donors (Lipinski definition) is 1. The normalized spacial score (nSPS) is 17.5. The maximum atomic E-state index is 12.8. The van der Waals surface area contributed by atoms with Crippen LogP contribution in [0.5, 0.6) is 11.5 Å². The van der Waals surface area contributed by atoms with Gasteiger partial charge in [0, 0.05) is 30.1 Å². The fraction of sp³-hybridized carbons (Fsp3) is 0.522. The van der Waals surface area contributed by atoms with E-state index in [-0.39, 0.29) is 24.9 Å². The summed E-state index contributed by atoms with van der Waals surface area (Å²) in [5.41, 5.74) is 2.00. The highest BCUT2D eigenvalue weighted by Gasteiger charge is 2.23.